The van der Waals surface area contributed by atoms with E-state index in [1.54, 1.807) is 24.3 Å². The molecular formula is C20H21F3N2O4S. The second kappa shape index (κ2) is 9.15. The second-order valence-corrected chi connectivity index (χ2v) is 8.77. The topological polar surface area (TPSA) is 75.7 Å². The molecule has 1 saturated heterocycles. The van der Waals surface area contributed by atoms with E-state index in [0.29, 0.717) is 24.3 Å². The first-order valence-corrected chi connectivity index (χ1v) is 10.9. The number of halogens is 3. The van der Waals surface area contributed by atoms with Gasteiger partial charge in [-0.3, -0.25) is 4.79 Å². The van der Waals surface area contributed by atoms with Crippen LogP contribution in [-0.4, -0.2) is 44.9 Å². The van der Waals surface area contributed by atoms with Crippen LogP contribution in [0.1, 0.15) is 27.0 Å². The van der Waals surface area contributed by atoms with E-state index in [4.69, 9.17) is 4.74 Å². The molecule has 0 radical (unpaired) electrons. The molecule has 162 valence electrons. The monoisotopic (exact) mass is 442 g/mol. The molecule has 10 heteroatoms. The molecule has 2 aromatic carbocycles. The van der Waals surface area contributed by atoms with Gasteiger partial charge >= 0.3 is 6.18 Å². The van der Waals surface area contributed by atoms with Crippen LogP contribution in [0.4, 0.5) is 13.2 Å². The van der Waals surface area contributed by atoms with E-state index < -0.39 is 27.7 Å². The summed E-state index contributed by atoms with van der Waals surface area (Å²) >= 11 is 0. The predicted octanol–water partition coefficient (Wildman–Crippen LogP) is 2.80. The van der Waals surface area contributed by atoms with Crippen LogP contribution in [0.3, 0.4) is 0 Å². The van der Waals surface area contributed by atoms with Gasteiger partial charge in [0.25, 0.3) is 5.91 Å². The summed E-state index contributed by atoms with van der Waals surface area (Å²) < 4.78 is 70.4. The number of morpholine rings is 1. The zero-order chi connectivity index (χ0) is 21.8. The molecule has 0 unspecified atom stereocenters. The third-order valence-electron chi connectivity index (χ3n) is 4.71. The zero-order valence-electron chi connectivity index (χ0n) is 16.0. The summed E-state index contributed by atoms with van der Waals surface area (Å²) in [6, 6.07) is 10.9. The van der Waals surface area contributed by atoms with Crippen molar-refractivity contribution in [1.82, 2.24) is 9.62 Å². The first-order valence-electron chi connectivity index (χ1n) is 9.24. The largest absolute Gasteiger partial charge is 0.416 e. The van der Waals surface area contributed by atoms with Gasteiger partial charge in [0.2, 0.25) is 10.0 Å². The zero-order valence-corrected chi connectivity index (χ0v) is 16.8. The van der Waals surface area contributed by atoms with Crippen LogP contribution in [0.2, 0.25) is 0 Å². The fourth-order valence-corrected chi connectivity index (χ4v) is 4.66. The van der Waals surface area contributed by atoms with Crippen LogP contribution in [0, 0.1) is 0 Å². The molecular weight excluding hydrogens is 421 g/mol. The fourth-order valence-electron chi connectivity index (χ4n) is 3.10. The molecule has 0 aromatic heterocycles. The van der Waals surface area contributed by atoms with Crippen LogP contribution in [0.15, 0.2) is 48.5 Å². The summed E-state index contributed by atoms with van der Waals surface area (Å²) in [7, 11) is -3.56. The molecule has 6 nitrogen and oxygen atoms in total. The van der Waals surface area contributed by atoms with Crippen LogP contribution in [0.25, 0.3) is 0 Å². The number of rotatable bonds is 6. The van der Waals surface area contributed by atoms with Gasteiger partial charge < -0.3 is 10.1 Å². The maximum atomic E-state index is 12.8. The van der Waals surface area contributed by atoms with E-state index in [9.17, 15) is 26.4 Å². The van der Waals surface area contributed by atoms with Crippen molar-refractivity contribution in [1.29, 1.82) is 0 Å². The molecule has 0 atom stereocenters. The Morgan fingerprint density at radius 2 is 1.70 bits per heavy atom. The van der Waals surface area contributed by atoms with E-state index in [1.165, 1.54) is 16.4 Å². The van der Waals surface area contributed by atoms with Crippen molar-refractivity contribution in [3.8, 4) is 0 Å². The molecule has 1 fully saturated rings. The van der Waals surface area contributed by atoms with Crippen LogP contribution in [0.5, 0.6) is 0 Å². The molecule has 3 rings (SSSR count). The van der Waals surface area contributed by atoms with Crippen molar-refractivity contribution in [2.45, 2.75) is 18.5 Å². The molecule has 1 amide bonds. The minimum atomic E-state index is -4.54. The first kappa shape index (κ1) is 22.3. The van der Waals surface area contributed by atoms with Crippen molar-refractivity contribution in [3.63, 3.8) is 0 Å². The van der Waals surface area contributed by atoms with Crippen molar-refractivity contribution in [2.24, 2.45) is 0 Å². The maximum Gasteiger partial charge on any atom is 0.416 e. The SMILES string of the molecule is O=C(NCc1ccccc1CS(=O)(=O)N1CCOCC1)c1cccc(C(F)(F)F)c1. The minimum Gasteiger partial charge on any atom is -0.379 e. The lowest BCUT2D eigenvalue weighted by Crippen LogP contribution is -2.41. The third kappa shape index (κ3) is 5.59. The van der Waals surface area contributed by atoms with E-state index in [2.05, 4.69) is 5.32 Å². The number of alkyl halides is 3. The fraction of sp³-hybridized carbons (Fsp3) is 0.350. The number of benzene rings is 2. The Bertz CT molecular complexity index is 1000. The summed E-state index contributed by atoms with van der Waals surface area (Å²) in [6.07, 6.45) is -4.54. The Kier molecular flexibility index (Phi) is 6.79. The minimum absolute atomic E-state index is 0.0100. The Morgan fingerprint density at radius 3 is 2.37 bits per heavy atom. The van der Waals surface area contributed by atoms with Crippen LogP contribution >= 0.6 is 0 Å². The lowest BCUT2D eigenvalue weighted by Gasteiger charge is -2.26. The average Bonchev–Trinajstić information content (AvgIpc) is 2.73. The molecule has 2 aromatic rings. The number of hydrogen-bond acceptors (Lipinski definition) is 4. The molecule has 1 aliphatic heterocycles. The molecule has 0 saturated carbocycles. The van der Waals surface area contributed by atoms with Crippen molar-refractivity contribution < 1.29 is 31.1 Å². The molecule has 0 spiro atoms. The van der Waals surface area contributed by atoms with Gasteiger partial charge in [-0.1, -0.05) is 30.3 Å². The van der Waals surface area contributed by atoms with Gasteiger partial charge in [0.15, 0.2) is 0 Å². The summed E-state index contributed by atoms with van der Waals surface area (Å²) in [5.74, 6) is -0.908. The lowest BCUT2D eigenvalue weighted by molar-refractivity contribution is -0.137. The number of sulfonamides is 1. The number of nitrogens with zero attached hydrogens (tertiary/aromatic N) is 1. The summed E-state index contributed by atoms with van der Waals surface area (Å²) in [5, 5.41) is 2.56. The number of carbonyl (C=O) groups excluding carboxylic acids is 1. The lowest BCUT2D eigenvalue weighted by atomic mass is 10.1. The van der Waals surface area contributed by atoms with Crippen molar-refractivity contribution in [2.75, 3.05) is 26.3 Å². The van der Waals surface area contributed by atoms with Crippen LogP contribution < -0.4 is 5.32 Å². The first-order chi connectivity index (χ1) is 14.2. The van der Waals surface area contributed by atoms with Gasteiger partial charge in [-0.2, -0.15) is 17.5 Å². The van der Waals surface area contributed by atoms with Gasteiger partial charge in [0.05, 0.1) is 24.5 Å². The molecule has 1 aliphatic rings. The smallest absolute Gasteiger partial charge is 0.379 e. The van der Waals surface area contributed by atoms with Gasteiger partial charge in [0, 0.05) is 25.2 Å². The van der Waals surface area contributed by atoms with Gasteiger partial charge in [-0.05, 0) is 29.3 Å². The Morgan fingerprint density at radius 1 is 1.03 bits per heavy atom. The second-order valence-electron chi connectivity index (χ2n) is 6.80. The molecule has 1 heterocycles. The number of carbonyl (C=O) groups is 1. The van der Waals surface area contributed by atoms with E-state index in [-0.39, 0.29) is 31.0 Å². The van der Waals surface area contributed by atoms with Crippen molar-refractivity contribution in [3.05, 3.63) is 70.8 Å². The van der Waals surface area contributed by atoms with Gasteiger partial charge in [-0.25, -0.2) is 8.42 Å². The van der Waals surface area contributed by atoms with Crippen LogP contribution in [-0.2, 0) is 33.2 Å². The Balaban J connectivity index is 1.70. The highest BCUT2D eigenvalue weighted by atomic mass is 32.2. The number of nitrogens with one attached hydrogen (secondary N) is 1. The van der Waals surface area contributed by atoms with Gasteiger partial charge in [-0.15, -0.1) is 0 Å². The highest BCUT2D eigenvalue weighted by Gasteiger charge is 2.31. The quantitative estimate of drug-likeness (QED) is 0.747. The third-order valence-corrected chi connectivity index (χ3v) is 6.54. The number of amides is 1. The highest BCUT2D eigenvalue weighted by Crippen LogP contribution is 2.29. The van der Waals surface area contributed by atoms with Gasteiger partial charge in [0.1, 0.15) is 0 Å². The standard InChI is InChI=1S/C20H21F3N2O4S/c21-20(22,23)18-7-3-6-15(12-18)19(26)24-13-16-4-1-2-5-17(16)14-30(27,28)25-8-10-29-11-9-25/h1-7,12H,8-11,13-14H2,(H,24,26). The summed E-state index contributed by atoms with van der Waals surface area (Å²) in [5.41, 5.74) is 0.0680. The maximum absolute atomic E-state index is 12.8. The van der Waals surface area contributed by atoms with E-state index in [0.717, 1.165) is 12.1 Å². The van der Waals surface area contributed by atoms with Crippen molar-refractivity contribution >= 4 is 15.9 Å². The predicted molar refractivity (Wildman–Crippen MR) is 104 cm³/mol. The molecule has 0 bridgehead atoms. The summed E-state index contributed by atoms with van der Waals surface area (Å²) in [6.45, 7) is 1.25. The Labute approximate surface area is 172 Å². The highest BCUT2D eigenvalue weighted by molar-refractivity contribution is 7.88. The Hall–Kier alpha value is -2.43. The van der Waals surface area contributed by atoms with E-state index in [1.807, 2.05) is 0 Å². The molecule has 0 aliphatic carbocycles. The average molecular weight is 442 g/mol. The molecule has 30 heavy (non-hydrogen) atoms. The summed E-state index contributed by atoms with van der Waals surface area (Å²) in [4.78, 5) is 12.3. The van der Waals surface area contributed by atoms with E-state index >= 15 is 0 Å². The number of ether oxygens (including phenoxy) is 1. The molecule has 1 N–H and O–H groups in total. The number of hydrogen-bond donors (Lipinski definition) is 1. The normalized spacial score (nSPS) is 15.7.